The van der Waals surface area contributed by atoms with Gasteiger partial charge in [-0.25, -0.2) is 4.98 Å². The predicted molar refractivity (Wildman–Crippen MR) is 108 cm³/mol. The molecule has 9 heteroatoms. The molecule has 2 fully saturated rings. The summed E-state index contributed by atoms with van der Waals surface area (Å²) in [4.78, 5) is 13.7. The summed E-state index contributed by atoms with van der Waals surface area (Å²) in [6.07, 6.45) is 1.65. The summed E-state index contributed by atoms with van der Waals surface area (Å²) < 4.78 is 10.8. The van der Waals surface area contributed by atoms with Gasteiger partial charge in [-0.1, -0.05) is 11.6 Å². The van der Waals surface area contributed by atoms with Gasteiger partial charge in [-0.15, -0.1) is 0 Å². The Hall–Kier alpha value is -1.19. The van der Waals surface area contributed by atoms with Crippen molar-refractivity contribution in [2.24, 2.45) is 0 Å². The Bertz CT molecular complexity index is 581. The molecule has 152 valence electrons. The van der Waals surface area contributed by atoms with Crippen LogP contribution in [0.3, 0.4) is 0 Å². The molecule has 2 saturated heterocycles. The first kappa shape index (κ1) is 20.5. The Balaban J connectivity index is 1.49. The van der Waals surface area contributed by atoms with Gasteiger partial charge in [0.05, 0.1) is 32.6 Å². The average Bonchev–Trinajstić information content (AvgIpc) is 2.73. The normalized spacial score (nSPS) is 21.6. The van der Waals surface area contributed by atoms with Gasteiger partial charge in [0.25, 0.3) is 0 Å². The van der Waals surface area contributed by atoms with Crippen molar-refractivity contribution in [3.8, 4) is 0 Å². The molecule has 2 atom stereocenters. The molecule has 0 aromatic carbocycles. The van der Waals surface area contributed by atoms with Crippen LogP contribution in [0.4, 0.5) is 11.8 Å². The maximum absolute atomic E-state index is 6.28. The van der Waals surface area contributed by atoms with Gasteiger partial charge in [0.2, 0.25) is 5.95 Å². The van der Waals surface area contributed by atoms with E-state index in [4.69, 9.17) is 21.1 Å². The lowest BCUT2D eigenvalue weighted by molar-refractivity contribution is 0.0227. The molecular weight excluding hydrogens is 368 g/mol. The van der Waals surface area contributed by atoms with Gasteiger partial charge in [-0.2, -0.15) is 4.98 Å². The zero-order valence-electron chi connectivity index (χ0n) is 16.3. The van der Waals surface area contributed by atoms with Crippen molar-refractivity contribution >= 4 is 23.4 Å². The third-order valence-corrected chi connectivity index (χ3v) is 5.48. The first-order valence-electron chi connectivity index (χ1n) is 9.77. The molecule has 2 N–H and O–H groups in total. The van der Waals surface area contributed by atoms with Crippen molar-refractivity contribution in [2.75, 3.05) is 76.3 Å². The number of hydrogen-bond acceptors (Lipinski definition) is 8. The van der Waals surface area contributed by atoms with Gasteiger partial charge in [-0.05, 0) is 13.8 Å². The minimum absolute atomic E-state index is 0.387. The molecule has 0 spiro atoms. The Morgan fingerprint density at radius 3 is 2.04 bits per heavy atom. The van der Waals surface area contributed by atoms with Crippen LogP contribution in [0.2, 0.25) is 5.02 Å². The van der Waals surface area contributed by atoms with E-state index in [1.807, 2.05) is 0 Å². The molecule has 27 heavy (non-hydrogen) atoms. The number of ether oxygens (including phenoxy) is 2. The first-order chi connectivity index (χ1) is 13.1. The highest BCUT2D eigenvalue weighted by molar-refractivity contribution is 6.32. The smallest absolute Gasteiger partial charge is 0.224 e. The van der Waals surface area contributed by atoms with Crippen molar-refractivity contribution in [1.29, 1.82) is 0 Å². The van der Waals surface area contributed by atoms with Crippen LogP contribution in [0.25, 0.3) is 0 Å². The molecular formula is C18H31ClN6O2. The number of aromatic nitrogens is 2. The predicted octanol–water partition coefficient (Wildman–Crippen LogP) is 1.40. The van der Waals surface area contributed by atoms with Crippen LogP contribution in [0.1, 0.15) is 13.8 Å². The lowest BCUT2D eigenvalue weighted by atomic mass is 10.2. The molecule has 0 radical (unpaired) electrons. The highest BCUT2D eigenvalue weighted by Crippen LogP contribution is 2.20. The van der Waals surface area contributed by atoms with Crippen LogP contribution in [-0.2, 0) is 9.47 Å². The second kappa shape index (κ2) is 10.4. The van der Waals surface area contributed by atoms with E-state index < -0.39 is 0 Å². The molecule has 2 unspecified atom stereocenters. The second-order valence-corrected chi connectivity index (χ2v) is 7.55. The summed E-state index contributed by atoms with van der Waals surface area (Å²) in [5, 5.41) is 7.24. The number of halogens is 1. The Morgan fingerprint density at radius 2 is 1.48 bits per heavy atom. The Morgan fingerprint density at radius 1 is 0.963 bits per heavy atom. The van der Waals surface area contributed by atoms with Gasteiger partial charge >= 0.3 is 0 Å². The van der Waals surface area contributed by atoms with Crippen molar-refractivity contribution in [1.82, 2.24) is 19.8 Å². The summed E-state index contributed by atoms with van der Waals surface area (Å²) in [5.74, 6) is 1.27. The Kier molecular flexibility index (Phi) is 7.90. The molecule has 0 saturated carbocycles. The van der Waals surface area contributed by atoms with Gasteiger partial charge in [0.15, 0.2) is 5.82 Å². The molecule has 8 nitrogen and oxygen atoms in total. The minimum Gasteiger partial charge on any atom is -0.379 e. The SMILES string of the molecule is CC(CNc1ncc(Cl)c(NCC(C)N2CCOCC2)n1)N1CCOCC1. The van der Waals surface area contributed by atoms with Gasteiger partial charge in [-0.3, -0.25) is 9.80 Å². The number of anilines is 2. The van der Waals surface area contributed by atoms with E-state index in [1.54, 1.807) is 6.20 Å². The quantitative estimate of drug-likeness (QED) is 0.680. The van der Waals surface area contributed by atoms with Gasteiger partial charge < -0.3 is 20.1 Å². The standard InChI is InChI=1S/C18H31ClN6O2/c1-14(24-3-7-26-8-4-24)11-20-17-16(19)13-22-18(23-17)21-12-15(2)25-5-9-27-10-6-25/h13-15H,3-12H2,1-2H3,(H2,20,21,22,23). The lowest BCUT2D eigenvalue weighted by Gasteiger charge is -2.32. The van der Waals surface area contributed by atoms with Gasteiger partial charge in [0, 0.05) is 51.4 Å². The van der Waals surface area contributed by atoms with Crippen LogP contribution >= 0.6 is 11.6 Å². The highest BCUT2D eigenvalue weighted by atomic mass is 35.5. The zero-order chi connectivity index (χ0) is 19.1. The zero-order valence-corrected chi connectivity index (χ0v) is 17.0. The molecule has 0 amide bonds. The van der Waals surface area contributed by atoms with Crippen LogP contribution in [0.15, 0.2) is 6.20 Å². The molecule has 0 aliphatic carbocycles. The van der Waals surface area contributed by atoms with Crippen LogP contribution in [-0.4, -0.2) is 97.5 Å². The fourth-order valence-electron chi connectivity index (χ4n) is 3.35. The van der Waals surface area contributed by atoms with E-state index in [0.29, 0.717) is 28.9 Å². The van der Waals surface area contributed by atoms with E-state index in [-0.39, 0.29) is 0 Å². The van der Waals surface area contributed by atoms with E-state index in [9.17, 15) is 0 Å². The van der Waals surface area contributed by atoms with Crippen molar-refractivity contribution in [3.05, 3.63) is 11.2 Å². The number of nitrogens with one attached hydrogen (secondary N) is 2. The summed E-state index contributed by atoms with van der Waals surface area (Å²) in [6, 6.07) is 0.781. The van der Waals surface area contributed by atoms with E-state index in [0.717, 1.165) is 65.7 Å². The maximum Gasteiger partial charge on any atom is 0.224 e. The largest absolute Gasteiger partial charge is 0.379 e. The minimum atomic E-state index is 0.387. The van der Waals surface area contributed by atoms with Crippen molar-refractivity contribution < 1.29 is 9.47 Å². The summed E-state index contributed by atoms with van der Waals surface area (Å²) in [6.45, 7) is 13.0. The van der Waals surface area contributed by atoms with Crippen LogP contribution in [0, 0.1) is 0 Å². The lowest BCUT2D eigenvalue weighted by Crippen LogP contribution is -2.45. The summed E-state index contributed by atoms with van der Waals surface area (Å²) in [5.41, 5.74) is 0. The molecule has 2 aliphatic heterocycles. The van der Waals surface area contributed by atoms with E-state index in [2.05, 4.69) is 44.2 Å². The molecule has 3 rings (SSSR count). The monoisotopic (exact) mass is 398 g/mol. The second-order valence-electron chi connectivity index (χ2n) is 7.15. The first-order valence-corrected chi connectivity index (χ1v) is 10.1. The maximum atomic E-state index is 6.28. The average molecular weight is 399 g/mol. The number of rotatable bonds is 8. The number of morpholine rings is 2. The molecule has 3 heterocycles. The fraction of sp³-hybridized carbons (Fsp3) is 0.778. The van der Waals surface area contributed by atoms with Gasteiger partial charge in [0.1, 0.15) is 5.02 Å². The van der Waals surface area contributed by atoms with Crippen LogP contribution < -0.4 is 10.6 Å². The molecule has 0 bridgehead atoms. The van der Waals surface area contributed by atoms with Crippen molar-refractivity contribution in [3.63, 3.8) is 0 Å². The number of hydrogen-bond donors (Lipinski definition) is 2. The summed E-state index contributed by atoms with van der Waals surface area (Å²) in [7, 11) is 0. The van der Waals surface area contributed by atoms with E-state index >= 15 is 0 Å². The molecule has 2 aliphatic rings. The fourth-order valence-corrected chi connectivity index (χ4v) is 3.51. The summed E-state index contributed by atoms with van der Waals surface area (Å²) >= 11 is 6.28. The van der Waals surface area contributed by atoms with Crippen molar-refractivity contribution in [2.45, 2.75) is 25.9 Å². The molecule has 1 aromatic heterocycles. The van der Waals surface area contributed by atoms with E-state index in [1.165, 1.54) is 0 Å². The molecule has 1 aromatic rings. The van der Waals surface area contributed by atoms with Crippen LogP contribution in [0.5, 0.6) is 0 Å². The third-order valence-electron chi connectivity index (χ3n) is 5.20. The Labute approximate surface area is 166 Å². The topological polar surface area (TPSA) is 74.8 Å². The number of nitrogens with zero attached hydrogens (tertiary/aromatic N) is 4. The third kappa shape index (κ3) is 6.15. The highest BCUT2D eigenvalue weighted by Gasteiger charge is 2.19.